The third-order valence-corrected chi connectivity index (χ3v) is 4.80. The fourth-order valence-corrected chi connectivity index (χ4v) is 2.97. The molecule has 0 atom stereocenters. The van der Waals surface area contributed by atoms with Gasteiger partial charge in [-0.3, -0.25) is 0 Å². The molecule has 108 valence electrons. The van der Waals surface area contributed by atoms with E-state index in [4.69, 9.17) is 11.6 Å². The summed E-state index contributed by atoms with van der Waals surface area (Å²) in [7, 11) is -3.82. The Bertz CT molecular complexity index is 548. The summed E-state index contributed by atoms with van der Waals surface area (Å²) in [6.07, 6.45) is -5.62. The van der Waals surface area contributed by atoms with Crippen LogP contribution < -0.4 is 4.72 Å². The molecule has 0 heterocycles. The highest BCUT2D eigenvalue weighted by Gasteiger charge is 2.26. The Morgan fingerprint density at radius 1 is 1.32 bits per heavy atom. The predicted molar refractivity (Wildman–Crippen MR) is 69.6 cm³/mol. The van der Waals surface area contributed by atoms with Crippen LogP contribution >= 0.6 is 27.5 Å². The quantitative estimate of drug-likeness (QED) is 0.791. The molecule has 0 unspecified atom stereocenters. The molecule has 1 N–H and O–H groups in total. The topological polar surface area (TPSA) is 46.2 Å². The van der Waals surface area contributed by atoms with Crippen LogP contribution in [0.5, 0.6) is 0 Å². The summed E-state index contributed by atoms with van der Waals surface area (Å²) in [5.41, 5.74) is 0. The highest BCUT2D eigenvalue weighted by Crippen LogP contribution is 2.25. The Kier molecular flexibility index (Phi) is 5.66. The Balaban J connectivity index is 2.63. The number of hydrogen-bond donors (Lipinski definition) is 1. The molecule has 9 heteroatoms. The summed E-state index contributed by atoms with van der Waals surface area (Å²) in [6, 6.07) is 3.95. The van der Waals surface area contributed by atoms with Crippen LogP contribution in [0, 0.1) is 0 Å². The van der Waals surface area contributed by atoms with E-state index < -0.39 is 22.6 Å². The van der Waals surface area contributed by atoms with E-state index in [1.54, 1.807) is 0 Å². The molecule has 0 aliphatic rings. The maximum Gasteiger partial charge on any atom is 0.389 e. The average Bonchev–Trinajstić information content (AvgIpc) is 2.27. The van der Waals surface area contributed by atoms with Gasteiger partial charge in [0, 0.05) is 17.4 Å². The number of alkyl halides is 3. The van der Waals surface area contributed by atoms with E-state index in [1.807, 2.05) is 0 Å². The third kappa shape index (κ3) is 5.68. The second kappa shape index (κ2) is 6.43. The minimum Gasteiger partial charge on any atom is -0.211 e. The minimum atomic E-state index is -4.28. The summed E-state index contributed by atoms with van der Waals surface area (Å²) < 4.78 is 61.7. The fourth-order valence-electron chi connectivity index (χ4n) is 1.22. The van der Waals surface area contributed by atoms with E-state index in [0.29, 0.717) is 9.50 Å². The number of nitrogens with one attached hydrogen (secondary N) is 1. The Hall–Kier alpha value is -0.310. The van der Waals surface area contributed by atoms with Crippen LogP contribution in [0.2, 0.25) is 5.02 Å². The van der Waals surface area contributed by atoms with Gasteiger partial charge in [0.15, 0.2) is 0 Å². The van der Waals surface area contributed by atoms with Gasteiger partial charge < -0.3 is 0 Å². The first-order chi connectivity index (χ1) is 8.62. The summed E-state index contributed by atoms with van der Waals surface area (Å²) in [5, 5.41) is 0.344. The zero-order valence-electron chi connectivity index (χ0n) is 9.47. The second-order valence-corrected chi connectivity index (χ2v) is 6.72. The molecule has 1 aromatic carbocycles. The lowest BCUT2D eigenvalue weighted by Crippen LogP contribution is -2.25. The normalized spacial score (nSPS) is 12.7. The lowest BCUT2D eigenvalue weighted by Gasteiger charge is -2.09. The van der Waals surface area contributed by atoms with Gasteiger partial charge in [0.1, 0.15) is 0 Å². The van der Waals surface area contributed by atoms with Gasteiger partial charge in [0.2, 0.25) is 10.0 Å². The van der Waals surface area contributed by atoms with Gasteiger partial charge in [-0.2, -0.15) is 13.2 Å². The van der Waals surface area contributed by atoms with E-state index in [0.717, 1.165) is 0 Å². The van der Waals surface area contributed by atoms with Gasteiger partial charge >= 0.3 is 6.18 Å². The first-order valence-electron chi connectivity index (χ1n) is 5.13. The summed E-state index contributed by atoms with van der Waals surface area (Å²) in [4.78, 5) is -0.0595. The molecule has 0 aliphatic carbocycles. The van der Waals surface area contributed by atoms with Gasteiger partial charge in [-0.15, -0.1) is 0 Å². The van der Waals surface area contributed by atoms with Gasteiger partial charge in [-0.1, -0.05) is 11.6 Å². The molecule has 0 saturated carbocycles. The van der Waals surface area contributed by atoms with Crippen LogP contribution in [0.25, 0.3) is 0 Å². The van der Waals surface area contributed by atoms with Crippen LogP contribution in [0.15, 0.2) is 27.6 Å². The Labute approximate surface area is 122 Å². The average molecular weight is 381 g/mol. The molecule has 0 aromatic heterocycles. The van der Waals surface area contributed by atoms with Gasteiger partial charge in [0.25, 0.3) is 0 Å². The van der Waals surface area contributed by atoms with Crippen molar-refractivity contribution in [3.8, 4) is 0 Å². The lowest BCUT2D eigenvalue weighted by molar-refractivity contribution is -0.135. The smallest absolute Gasteiger partial charge is 0.211 e. The molecule has 0 amide bonds. The molecule has 0 radical (unpaired) electrons. The van der Waals surface area contributed by atoms with Gasteiger partial charge in [-0.25, -0.2) is 13.1 Å². The zero-order valence-corrected chi connectivity index (χ0v) is 12.6. The lowest BCUT2D eigenvalue weighted by atomic mass is 10.3. The summed E-state index contributed by atoms with van der Waals surface area (Å²) in [5.74, 6) is 0. The molecule has 0 spiro atoms. The van der Waals surface area contributed by atoms with Crippen LogP contribution in [0.1, 0.15) is 12.8 Å². The van der Waals surface area contributed by atoms with Crippen molar-refractivity contribution in [2.75, 3.05) is 6.54 Å². The number of sulfonamides is 1. The van der Waals surface area contributed by atoms with Crippen molar-refractivity contribution in [2.45, 2.75) is 23.9 Å². The van der Waals surface area contributed by atoms with Gasteiger partial charge in [-0.05, 0) is 40.5 Å². The van der Waals surface area contributed by atoms with Crippen LogP contribution in [0.4, 0.5) is 13.2 Å². The van der Waals surface area contributed by atoms with Gasteiger partial charge in [0.05, 0.1) is 9.92 Å². The molecule has 0 saturated heterocycles. The van der Waals surface area contributed by atoms with E-state index in [-0.39, 0.29) is 17.9 Å². The van der Waals surface area contributed by atoms with Crippen molar-refractivity contribution in [3.63, 3.8) is 0 Å². The minimum absolute atomic E-state index is 0.0595. The van der Waals surface area contributed by atoms with Crippen molar-refractivity contribution in [2.24, 2.45) is 0 Å². The molecule has 1 aromatic rings. The molecule has 19 heavy (non-hydrogen) atoms. The van der Waals surface area contributed by atoms with Crippen molar-refractivity contribution < 1.29 is 21.6 Å². The Morgan fingerprint density at radius 2 is 1.95 bits per heavy atom. The van der Waals surface area contributed by atoms with Crippen molar-refractivity contribution >= 4 is 37.6 Å². The van der Waals surface area contributed by atoms with E-state index >= 15 is 0 Å². The SMILES string of the molecule is O=S(=O)(NCCCC(F)(F)F)c1ccc(Cl)c(Br)c1. The molecule has 1 rings (SSSR count). The molecule has 0 fully saturated rings. The maximum atomic E-state index is 11.9. The van der Waals surface area contributed by atoms with Crippen LogP contribution in [0.3, 0.4) is 0 Å². The zero-order chi connectivity index (χ0) is 14.7. The molecule has 0 bridgehead atoms. The van der Waals surface area contributed by atoms with E-state index in [1.165, 1.54) is 18.2 Å². The number of benzene rings is 1. The highest BCUT2D eigenvalue weighted by molar-refractivity contribution is 9.10. The Morgan fingerprint density at radius 3 is 2.47 bits per heavy atom. The number of halogens is 5. The van der Waals surface area contributed by atoms with Crippen molar-refractivity contribution in [3.05, 3.63) is 27.7 Å². The summed E-state index contributed by atoms with van der Waals surface area (Å²) in [6.45, 7) is -0.276. The monoisotopic (exact) mass is 379 g/mol. The first-order valence-corrected chi connectivity index (χ1v) is 7.79. The van der Waals surface area contributed by atoms with Crippen LogP contribution in [-0.4, -0.2) is 21.1 Å². The van der Waals surface area contributed by atoms with E-state index in [2.05, 4.69) is 20.7 Å². The van der Waals surface area contributed by atoms with Crippen molar-refractivity contribution in [1.29, 1.82) is 0 Å². The highest BCUT2D eigenvalue weighted by atomic mass is 79.9. The molecular weight excluding hydrogens is 371 g/mol. The largest absolute Gasteiger partial charge is 0.389 e. The molecular formula is C10H10BrClF3NO2S. The summed E-state index contributed by atoms with van der Waals surface area (Å²) >= 11 is 8.79. The number of rotatable bonds is 5. The molecule has 0 aliphatic heterocycles. The first kappa shape index (κ1) is 16.7. The molecule has 3 nitrogen and oxygen atoms in total. The third-order valence-electron chi connectivity index (χ3n) is 2.13. The van der Waals surface area contributed by atoms with Crippen LogP contribution in [-0.2, 0) is 10.0 Å². The number of hydrogen-bond acceptors (Lipinski definition) is 2. The van der Waals surface area contributed by atoms with E-state index in [9.17, 15) is 21.6 Å². The second-order valence-electron chi connectivity index (χ2n) is 3.69. The maximum absolute atomic E-state index is 11.9. The standard InChI is InChI=1S/C10H10BrClF3NO2S/c11-8-6-7(2-3-9(8)12)19(17,18)16-5-1-4-10(13,14)15/h2-3,6,16H,1,4-5H2. The predicted octanol–water partition coefficient (Wildman–Crippen LogP) is 3.72. The fraction of sp³-hybridized carbons (Fsp3) is 0.400. The van der Waals surface area contributed by atoms with Crippen molar-refractivity contribution in [1.82, 2.24) is 4.72 Å².